The van der Waals surface area contributed by atoms with Crippen molar-refractivity contribution in [3.8, 4) is 33.7 Å². The summed E-state index contributed by atoms with van der Waals surface area (Å²) in [5.74, 6) is 0.388. The molecule has 3 heterocycles. The predicted octanol–water partition coefficient (Wildman–Crippen LogP) is 8.78. The fourth-order valence-electron chi connectivity index (χ4n) is 6.32. The Morgan fingerprint density at radius 3 is 2.29 bits per heavy atom. The summed E-state index contributed by atoms with van der Waals surface area (Å²) in [5.41, 5.74) is 7.93. The first-order valence-corrected chi connectivity index (χ1v) is 17.2. The number of para-hydroxylation sites is 1. The normalized spacial score (nSPS) is 15.4. The smallest absolute Gasteiger partial charge is 0.274 e. The predicted molar refractivity (Wildman–Crippen MR) is 193 cm³/mol. The van der Waals surface area contributed by atoms with E-state index in [-0.39, 0.29) is 24.2 Å². The number of furan rings is 1. The minimum absolute atomic E-state index is 0.0817. The van der Waals surface area contributed by atoms with Crippen molar-refractivity contribution < 1.29 is 18.5 Å². The van der Waals surface area contributed by atoms with Crippen LogP contribution in [0.3, 0.4) is 0 Å². The molecule has 48 heavy (non-hydrogen) atoms. The van der Waals surface area contributed by atoms with Gasteiger partial charge in [-0.1, -0.05) is 78.9 Å². The molecule has 7 rings (SSSR count). The third-order valence-corrected chi connectivity index (χ3v) is 10.5. The molecule has 8 heteroatoms. The first kappa shape index (κ1) is 31.7. The number of pyridine rings is 1. The monoisotopic (exact) mass is 655 g/mol. The molecule has 0 spiro atoms. The zero-order valence-electron chi connectivity index (χ0n) is 27.1. The Morgan fingerprint density at radius 2 is 1.56 bits per heavy atom. The van der Waals surface area contributed by atoms with Crippen molar-refractivity contribution in [1.82, 2.24) is 9.29 Å². The van der Waals surface area contributed by atoms with E-state index >= 15 is 0 Å². The minimum atomic E-state index is -1.37. The summed E-state index contributed by atoms with van der Waals surface area (Å²) < 4.78 is 21.4. The molecule has 0 saturated heterocycles. The highest BCUT2D eigenvalue weighted by molar-refractivity contribution is 7.84. The summed E-state index contributed by atoms with van der Waals surface area (Å²) in [4.78, 5) is 18.8. The average Bonchev–Trinajstić information content (AvgIpc) is 3.70. The van der Waals surface area contributed by atoms with Crippen molar-refractivity contribution in [2.45, 2.75) is 44.5 Å². The number of aliphatic hydroxyl groups excluding tert-OH is 1. The molecular formula is C40H37N3O4S. The van der Waals surface area contributed by atoms with Gasteiger partial charge in [0.15, 0.2) is 0 Å². The van der Waals surface area contributed by atoms with Crippen molar-refractivity contribution in [1.29, 1.82) is 0 Å². The van der Waals surface area contributed by atoms with E-state index in [9.17, 15) is 14.1 Å². The maximum atomic E-state index is 13.8. The zero-order chi connectivity index (χ0) is 33.4. The van der Waals surface area contributed by atoms with Gasteiger partial charge in [0.2, 0.25) is 0 Å². The quantitative estimate of drug-likeness (QED) is 0.171. The number of anilines is 1. The van der Waals surface area contributed by atoms with E-state index in [2.05, 4.69) is 5.32 Å². The number of aromatic nitrogens is 1. The van der Waals surface area contributed by atoms with Gasteiger partial charge in [0.05, 0.1) is 16.5 Å². The van der Waals surface area contributed by atoms with Crippen molar-refractivity contribution in [3.63, 3.8) is 0 Å². The summed E-state index contributed by atoms with van der Waals surface area (Å²) >= 11 is 0. The molecule has 1 amide bonds. The van der Waals surface area contributed by atoms with Gasteiger partial charge in [0.1, 0.15) is 28.0 Å². The maximum Gasteiger partial charge on any atom is 0.274 e. The van der Waals surface area contributed by atoms with Gasteiger partial charge in [-0.15, -0.1) is 0 Å². The number of fused-ring (bicyclic) bond motifs is 2. The van der Waals surface area contributed by atoms with Crippen LogP contribution in [0, 0.1) is 0 Å². The van der Waals surface area contributed by atoms with Crippen molar-refractivity contribution in [2.24, 2.45) is 0 Å². The van der Waals surface area contributed by atoms with Crippen LogP contribution in [0.15, 0.2) is 120 Å². The van der Waals surface area contributed by atoms with E-state index < -0.39 is 15.7 Å². The molecule has 6 aromatic rings. The van der Waals surface area contributed by atoms with Gasteiger partial charge in [-0.05, 0) is 80.3 Å². The number of hydrogen-bond acceptors (Lipinski definition) is 5. The summed E-state index contributed by atoms with van der Waals surface area (Å²) in [7, 11) is -1.37. The summed E-state index contributed by atoms with van der Waals surface area (Å²) in [6, 6.07) is 37.1. The fraction of sp³-hybridized carbons (Fsp3) is 0.200. The number of aliphatic hydroxyl groups is 1. The molecule has 0 saturated carbocycles. The molecule has 0 bridgehead atoms. The fourth-order valence-corrected chi connectivity index (χ4v) is 7.72. The molecule has 0 unspecified atom stereocenters. The Balaban J connectivity index is 1.29. The first-order valence-electron chi connectivity index (χ1n) is 16.1. The number of benzene rings is 4. The molecule has 0 aliphatic carbocycles. The molecule has 0 radical (unpaired) electrons. The van der Waals surface area contributed by atoms with Gasteiger partial charge >= 0.3 is 0 Å². The Bertz CT molecular complexity index is 2100. The number of nitrogens with zero attached hydrogens (tertiary/aromatic N) is 2. The van der Waals surface area contributed by atoms with Gasteiger partial charge in [-0.3, -0.25) is 4.79 Å². The summed E-state index contributed by atoms with van der Waals surface area (Å²) in [5, 5.41) is 14.2. The highest BCUT2D eigenvalue weighted by Gasteiger charge is 2.40. The lowest BCUT2D eigenvalue weighted by atomic mass is 9.94. The Hall–Kier alpha value is -4.89. The van der Waals surface area contributed by atoms with Crippen LogP contribution in [0.5, 0.6) is 0 Å². The lowest BCUT2D eigenvalue weighted by Crippen LogP contribution is -2.36. The number of carbonyl (C=O) groups is 1. The molecule has 2 N–H and O–H groups in total. The second-order valence-electron chi connectivity index (χ2n) is 13.0. The van der Waals surface area contributed by atoms with Crippen LogP contribution in [0.25, 0.3) is 44.7 Å². The van der Waals surface area contributed by atoms with Gasteiger partial charge in [0.25, 0.3) is 5.91 Å². The summed E-state index contributed by atoms with van der Waals surface area (Å²) in [6.07, 6.45) is 0.381. The van der Waals surface area contributed by atoms with E-state index in [4.69, 9.17) is 9.40 Å². The number of carbonyl (C=O) groups excluding carboxylic acids is 1. The largest absolute Gasteiger partial charge is 0.456 e. The molecular weight excluding hydrogens is 619 g/mol. The third kappa shape index (κ3) is 6.22. The van der Waals surface area contributed by atoms with Gasteiger partial charge in [-0.2, -0.15) is 0 Å². The summed E-state index contributed by atoms with van der Waals surface area (Å²) in [6.45, 7) is 6.12. The number of amides is 1. The van der Waals surface area contributed by atoms with Crippen molar-refractivity contribution >= 4 is 33.5 Å². The van der Waals surface area contributed by atoms with E-state index in [1.54, 1.807) is 6.07 Å². The average molecular weight is 656 g/mol. The lowest BCUT2D eigenvalue weighted by Gasteiger charge is -2.30. The second kappa shape index (κ2) is 13.0. The van der Waals surface area contributed by atoms with Gasteiger partial charge in [-0.25, -0.2) is 13.5 Å². The van der Waals surface area contributed by atoms with Crippen LogP contribution in [0.1, 0.15) is 54.8 Å². The van der Waals surface area contributed by atoms with Gasteiger partial charge < -0.3 is 14.8 Å². The molecule has 4 aromatic carbocycles. The maximum absolute atomic E-state index is 13.8. The van der Waals surface area contributed by atoms with Crippen LogP contribution >= 0.6 is 0 Å². The van der Waals surface area contributed by atoms with Crippen LogP contribution in [-0.2, 0) is 17.5 Å². The first-order chi connectivity index (χ1) is 23.2. The highest BCUT2D eigenvalue weighted by atomic mass is 32.2. The SMILES string of the molecule is CC(C)(C)[S@@](=O)N1Cc2cc(C(=O)Nc3ccc(-c4ccccc4)cc3)nc(-c3cccc(-c4cc5ccccc5o4)c3)c2[C@H]1CCO. The van der Waals surface area contributed by atoms with Gasteiger partial charge in [0, 0.05) is 40.9 Å². The number of nitrogens with one attached hydrogen (secondary N) is 1. The molecule has 1 aliphatic rings. The molecule has 0 fully saturated rings. The van der Waals surface area contributed by atoms with Crippen molar-refractivity contribution in [2.75, 3.05) is 11.9 Å². The van der Waals surface area contributed by atoms with Crippen LogP contribution in [0.2, 0.25) is 0 Å². The second-order valence-corrected chi connectivity index (χ2v) is 15.2. The van der Waals surface area contributed by atoms with E-state index in [0.29, 0.717) is 24.3 Å². The Morgan fingerprint density at radius 1 is 0.875 bits per heavy atom. The molecule has 2 atom stereocenters. The number of rotatable bonds is 8. The standard InChI is InChI=1S/C40H37N3O4S/c1-40(2,3)48(46)43-25-31-23-33(39(45)41-32-18-16-27(17-19-32)26-10-5-4-6-11-26)42-38(37(31)34(43)20-21-44)30-14-9-13-28(22-30)36-24-29-12-7-8-15-35(29)47-36/h4-19,22-24,34,44H,20-21,25H2,1-3H3,(H,41,45)/t34-,48-/m1/s1. The van der Waals surface area contributed by atoms with E-state index in [0.717, 1.165) is 50.1 Å². The van der Waals surface area contributed by atoms with E-state index in [1.165, 1.54) is 0 Å². The minimum Gasteiger partial charge on any atom is -0.456 e. The molecule has 242 valence electrons. The Labute approximate surface area is 282 Å². The lowest BCUT2D eigenvalue weighted by molar-refractivity contribution is 0.102. The Kier molecular flexibility index (Phi) is 8.56. The topological polar surface area (TPSA) is 95.7 Å². The van der Waals surface area contributed by atoms with Crippen LogP contribution < -0.4 is 5.32 Å². The van der Waals surface area contributed by atoms with Crippen LogP contribution in [-0.4, -0.2) is 35.9 Å². The van der Waals surface area contributed by atoms with Crippen LogP contribution in [0.4, 0.5) is 5.69 Å². The highest BCUT2D eigenvalue weighted by Crippen LogP contribution is 2.44. The molecule has 2 aromatic heterocycles. The van der Waals surface area contributed by atoms with E-state index in [1.807, 2.05) is 134 Å². The molecule has 1 aliphatic heterocycles. The zero-order valence-corrected chi connectivity index (χ0v) is 28.0. The number of hydrogen-bond donors (Lipinski definition) is 2. The molecule has 7 nitrogen and oxygen atoms in total. The van der Waals surface area contributed by atoms with Crippen molar-refractivity contribution in [3.05, 3.63) is 132 Å². The third-order valence-electron chi connectivity index (χ3n) is 8.62.